The molecule has 4 N–H and O–H groups in total. The Hall–Kier alpha value is -4.01. The second-order valence-corrected chi connectivity index (χ2v) is 17.5. The minimum Gasteiger partial charge on any atom is -0.369 e. The summed E-state index contributed by atoms with van der Waals surface area (Å²) in [6.45, 7) is 6.76. The predicted molar refractivity (Wildman–Crippen MR) is 199 cm³/mol. The average Bonchev–Trinajstić information content (AvgIpc) is 3.39. The predicted octanol–water partition coefficient (Wildman–Crippen LogP) is 5.71. The zero-order valence-electron chi connectivity index (χ0n) is 27.1. The molecule has 0 saturated carbocycles. The number of piperazine rings is 1. The van der Waals surface area contributed by atoms with Crippen LogP contribution in [0.1, 0.15) is 34.5 Å². The molecule has 1 fully saturated rings. The molecular formula is C36H46ClN7O2S. The van der Waals surface area contributed by atoms with Crippen LogP contribution < -0.4 is 16.4 Å². The first-order valence-electron chi connectivity index (χ1n) is 15.1. The monoisotopic (exact) mass is 675 g/mol. The molecule has 1 amide bonds. The number of nitrogens with two attached hydrogens (primary N) is 2. The molecule has 0 radical (unpaired) electrons. The highest BCUT2D eigenvalue weighted by atomic mass is 35.5. The third kappa shape index (κ3) is 8.87. The van der Waals surface area contributed by atoms with Crippen LogP contribution in [0, 0.1) is 18.8 Å². The topological polar surface area (TPSA) is 116 Å². The SMILES string of the molecule is C.Cc1ccc(Cl)cc1-c1c(C(N)=O)cc(-c2nc(N)ncc2C#Cc2ccc(N3CCN(C)CC3)cc2)n1COCCS(C)(C)C. The summed E-state index contributed by atoms with van der Waals surface area (Å²) in [5, 5.41) is 0.541. The highest BCUT2D eigenvalue weighted by Gasteiger charge is 2.25. The third-order valence-electron chi connectivity index (χ3n) is 8.00. The molecule has 1 aliphatic rings. The zero-order valence-corrected chi connectivity index (χ0v) is 28.7. The lowest BCUT2D eigenvalue weighted by molar-refractivity contribution is 0.0917. The first-order chi connectivity index (χ1) is 21.9. The largest absolute Gasteiger partial charge is 0.369 e. The van der Waals surface area contributed by atoms with Gasteiger partial charge in [0.15, 0.2) is 0 Å². The first-order valence-corrected chi connectivity index (χ1v) is 18.5. The third-order valence-corrected chi connectivity index (χ3v) is 9.63. The molecule has 0 spiro atoms. The van der Waals surface area contributed by atoms with Crippen molar-refractivity contribution in [3.63, 3.8) is 0 Å². The highest BCUT2D eigenvalue weighted by molar-refractivity contribution is 8.32. The van der Waals surface area contributed by atoms with Gasteiger partial charge in [0.05, 0.1) is 29.1 Å². The molecule has 4 aromatic rings. The van der Waals surface area contributed by atoms with E-state index in [1.807, 2.05) is 41.8 Å². The van der Waals surface area contributed by atoms with Crippen molar-refractivity contribution < 1.29 is 9.53 Å². The number of amides is 1. The lowest BCUT2D eigenvalue weighted by atomic mass is 10.0. The number of anilines is 2. The minimum atomic E-state index is -0.767. The van der Waals surface area contributed by atoms with Gasteiger partial charge in [-0.25, -0.2) is 20.0 Å². The molecule has 0 atom stereocenters. The maximum absolute atomic E-state index is 12.9. The highest BCUT2D eigenvalue weighted by Crippen LogP contribution is 2.37. The smallest absolute Gasteiger partial charge is 0.250 e. The fraction of sp³-hybridized carbons (Fsp3) is 0.361. The van der Waals surface area contributed by atoms with Crippen LogP contribution in [0.3, 0.4) is 0 Å². The van der Waals surface area contributed by atoms with E-state index in [2.05, 4.69) is 69.6 Å². The van der Waals surface area contributed by atoms with Gasteiger partial charge in [0.1, 0.15) is 12.4 Å². The quantitative estimate of drug-likeness (QED) is 0.173. The van der Waals surface area contributed by atoms with E-state index in [1.54, 1.807) is 12.3 Å². The van der Waals surface area contributed by atoms with Crippen LogP contribution in [0.15, 0.2) is 54.7 Å². The summed E-state index contributed by atoms with van der Waals surface area (Å²) in [5.74, 6) is 6.96. The molecule has 5 rings (SSSR count). The van der Waals surface area contributed by atoms with Gasteiger partial charge in [0.25, 0.3) is 5.91 Å². The standard InChI is InChI=1S/C35H42ClN7O2S.CH4/c1-24-6-11-27(36)20-29(24)33-30(34(37)44)21-31(43(33)23-45-18-19-46(3,4)5)32-26(22-39-35(38)40-32)10-7-25-8-12-28(13-9-25)42-16-14-41(2)15-17-42;/h6,8-9,11-13,20-22H,14-19,23H2,1-5H3,(H2,37,44)(H2,38,39,40);1H4. The number of aromatic nitrogens is 3. The Labute approximate surface area is 285 Å². The van der Waals surface area contributed by atoms with E-state index >= 15 is 0 Å². The number of halogens is 1. The van der Waals surface area contributed by atoms with Gasteiger partial charge in [-0.2, -0.15) is 0 Å². The van der Waals surface area contributed by atoms with Crippen molar-refractivity contribution in [2.45, 2.75) is 21.1 Å². The minimum absolute atomic E-state index is 0. The van der Waals surface area contributed by atoms with Gasteiger partial charge >= 0.3 is 0 Å². The van der Waals surface area contributed by atoms with E-state index in [1.165, 1.54) is 5.69 Å². The van der Waals surface area contributed by atoms with Gasteiger partial charge in [-0.15, -0.1) is 0 Å². The number of nitrogen functional groups attached to an aromatic ring is 1. The van der Waals surface area contributed by atoms with Crippen molar-refractivity contribution in [3.8, 4) is 34.5 Å². The maximum Gasteiger partial charge on any atom is 0.250 e. The Morgan fingerprint density at radius 3 is 2.40 bits per heavy atom. The molecule has 2 aromatic heterocycles. The second-order valence-electron chi connectivity index (χ2n) is 12.5. The number of carbonyl (C=O) groups is 1. The van der Waals surface area contributed by atoms with E-state index in [0.717, 1.165) is 48.6 Å². The number of hydrogen-bond acceptors (Lipinski definition) is 7. The summed E-state index contributed by atoms with van der Waals surface area (Å²) in [7, 11) is 1.38. The molecule has 0 unspecified atom stereocenters. The summed E-state index contributed by atoms with van der Waals surface area (Å²) in [4.78, 5) is 26.5. The number of rotatable bonds is 9. The van der Waals surface area contributed by atoms with Gasteiger partial charge in [-0.1, -0.05) is 36.9 Å². The Morgan fingerprint density at radius 2 is 1.74 bits per heavy atom. The summed E-state index contributed by atoms with van der Waals surface area (Å²) in [6.07, 6.45) is 8.35. The molecule has 0 aliphatic carbocycles. The molecule has 47 heavy (non-hydrogen) atoms. The number of likely N-dealkylation sites (N-methyl/N-ethyl adjacent to an activating group) is 1. The van der Waals surface area contributed by atoms with Gasteiger partial charge in [0.2, 0.25) is 5.95 Å². The van der Waals surface area contributed by atoms with Crippen LogP contribution in [0.25, 0.3) is 22.6 Å². The molecule has 3 heterocycles. The van der Waals surface area contributed by atoms with Crippen LogP contribution in [-0.4, -0.2) is 89.7 Å². The normalized spacial score (nSPS) is 13.9. The fourth-order valence-electron chi connectivity index (χ4n) is 5.31. The summed E-state index contributed by atoms with van der Waals surface area (Å²) < 4.78 is 8.14. The van der Waals surface area contributed by atoms with E-state index in [0.29, 0.717) is 39.8 Å². The zero-order chi connectivity index (χ0) is 33.0. The van der Waals surface area contributed by atoms with Crippen molar-refractivity contribution >= 4 is 39.2 Å². The Morgan fingerprint density at radius 1 is 1.04 bits per heavy atom. The second kappa shape index (κ2) is 15.3. The van der Waals surface area contributed by atoms with Crippen LogP contribution in [-0.2, 0) is 11.5 Å². The van der Waals surface area contributed by atoms with Crippen molar-refractivity contribution in [1.29, 1.82) is 0 Å². The first kappa shape index (κ1) is 35.8. The van der Waals surface area contributed by atoms with Crippen LogP contribution in [0.2, 0.25) is 5.02 Å². The van der Waals surface area contributed by atoms with Crippen molar-refractivity contribution in [2.75, 3.05) is 75.0 Å². The molecule has 0 bridgehead atoms. The number of nitrogens with zero attached hydrogens (tertiary/aromatic N) is 5. The van der Waals surface area contributed by atoms with Gasteiger partial charge in [0, 0.05) is 60.0 Å². The summed E-state index contributed by atoms with van der Waals surface area (Å²) in [5.41, 5.74) is 18.4. The van der Waals surface area contributed by atoms with Crippen LogP contribution in [0.4, 0.5) is 11.6 Å². The van der Waals surface area contributed by atoms with Crippen molar-refractivity contribution in [1.82, 2.24) is 19.4 Å². The number of aryl methyl sites for hydroxylation is 1. The van der Waals surface area contributed by atoms with Crippen molar-refractivity contribution in [3.05, 3.63) is 82.0 Å². The lowest BCUT2D eigenvalue weighted by Crippen LogP contribution is -2.44. The van der Waals surface area contributed by atoms with E-state index in [-0.39, 0.29) is 20.1 Å². The molecule has 2 aromatic carbocycles. The fourth-order valence-corrected chi connectivity index (χ4v) is 6.10. The van der Waals surface area contributed by atoms with E-state index in [9.17, 15) is 4.79 Å². The number of benzene rings is 2. The molecular weight excluding hydrogens is 630 g/mol. The van der Waals surface area contributed by atoms with Crippen LogP contribution in [0.5, 0.6) is 0 Å². The Balaban J connectivity index is 0.00000500. The molecule has 9 nitrogen and oxygen atoms in total. The van der Waals surface area contributed by atoms with Crippen molar-refractivity contribution in [2.24, 2.45) is 5.73 Å². The summed E-state index contributed by atoms with van der Waals surface area (Å²) in [6, 6.07) is 15.6. The lowest BCUT2D eigenvalue weighted by Gasteiger charge is -2.34. The van der Waals surface area contributed by atoms with E-state index in [4.69, 9.17) is 27.8 Å². The summed E-state index contributed by atoms with van der Waals surface area (Å²) >= 11 is 6.44. The Bertz CT molecular complexity index is 1780. The van der Waals surface area contributed by atoms with E-state index < -0.39 is 15.9 Å². The van der Waals surface area contributed by atoms with Gasteiger partial charge in [-0.05, 0) is 80.8 Å². The van der Waals surface area contributed by atoms with Gasteiger partial charge < -0.3 is 30.6 Å². The van der Waals surface area contributed by atoms with Gasteiger partial charge in [-0.3, -0.25) is 4.79 Å². The molecule has 250 valence electrons. The number of carbonyl (C=O) groups excluding carboxylic acids is 1. The maximum atomic E-state index is 12.9. The number of primary amides is 1. The molecule has 1 aliphatic heterocycles. The Kier molecular flexibility index (Phi) is 11.6. The molecule has 1 saturated heterocycles. The number of hydrogen-bond donors (Lipinski definition) is 2. The van der Waals surface area contributed by atoms with Crippen LogP contribution >= 0.6 is 21.6 Å². The number of ether oxygens (including phenoxy) is 1. The average molecular weight is 676 g/mol. The molecule has 11 heteroatoms.